The summed E-state index contributed by atoms with van der Waals surface area (Å²) in [6.45, 7) is 4.23. The summed E-state index contributed by atoms with van der Waals surface area (Å²) in [4.78, 5) is 4.37. The van der Waals surface area contributed by atoms with Gasteiger partial charge in [0.1, 0.15) is 5.82 Å². The van der Waals surface area contributed by atoms with Gasteiger partial charge in [0.25, 0.3) is 0 Å². The lowest BCUT2D eigenvalue weighted by atomic mass is 9.83. The number of rotatable bonds is 3. The van der Waals surface area contributed by atoms with Crippen molar-refractivity contribution in [1.29, 1.82) is 0 Å². The molecule has 0 aliphatic heterocycles. The van der Waals surface area contributed by atoms with E-state index in [0.717, 1.165) is 16.9 Å². The van der Waals surface area contributed by atoms with Crippen LogP contribution in [0.25, 0.3) is 0 Å². The minimum absolute atomic E-state index is 0.621. The molecule has 0 aromatic carbocycles. The van der Waals surface area contributed by atoms with Gasteiger partial charge in [-0.1, -0.05) is 26.2 Å². The maximum Gasteiger partial charge on any atom is 0.202 e. The summed E-state index contributed by atoms with van der Waals surface area (Å²) in [5, 5.41) is 4.55. The fourth-order valence-electron chi connectivity index (χ4n) is 2.40. The van der Waals surface area contributed by atoms with E-state index in [1.165, 1.54) is 43.6 Å². The zero-order valence-electron chi connectivity index (χ0n) is 9.49. The molecule has 84 valence electrons. The van der Waals surface area contributed by atoms with Crippen molar-refractivity contribution < 1.29 is 0 Å². The van der Waals surface area contributed by atoms with Crippen molar-refractivity contribution in [2.45, 2.75) is 52.0 Å². The monoisotopic (exact) mass is 225 g/mol. The average molecular weight is 225 g/mol. The Labute approximate surface area is 95.5 Å². The Kier molecular flexibility index (Phi) is 3.57. The van der Waals surface area contributed by atoms with Crippen LogP contribution < -0.4 is 5.32 Å². The molecule has 1 aromatic rings. The predicted molar refractivity (Wildman–Crippen MR) is 64.3 cm³/mol. The van der Waals surface area contributed by atoms with Crippen LogP contribution in [0.3, 0.4) is 0 Å². The van der Waals surface area contributed by atoms with Crippen LogP contribution in [0.15, 0.2) is 0 Å². The minimum Gasteiger partial charge on any atom is -0.357 e. The highest BCUT2D eigenvalue weighted by Crippen LogP contribution is 2.29. The molecular weight excluding hydrogens is 206 g/mol. The Morgan fingerprint density at radius 2 is 2.20 bits per heavy atom. The standard InChI is InChI=1S/C11H19N3S/c1-3-9-6-4-5-7-10(9)13-11-12-8(2)14-15-11/h9-10H,3-7H2,1-2H3,(H,12,13,14). The third-order valence-corrected chi connectivity index (χ3v) is 4.01. The topological polar surface area (TPSA) is 37.8 Å². The van der Waals surface area contributed by atoms with E-state index in [0.29, 0.717) is 6.04 Å². The molecule has 2 atom stereocenters. The molecule has 0 bridgehead atoms. The Morgan fingerprint density at radius 3 is 2.87 bits per heavy atom. The van der Waals surface area contributed by atoms with Gasteiger partial charge in [-0.25, -0.2) is 4.98 Å². The fraction of sp³-hybridized carbons (Fsp3) is 0.818. The molecule has 4 heteroatoms. The van der Waals surface area contributed by atoms with Crippen LogP contribution in [0.5, 0.6) is 0 Å². The van der Waals surface area contributed by atoms with E-state index < -0.39 is 0 Å². The first-order valence-electron chi connectivity index (χ1n) is 5.86. The molecule has 0 saturated heterocycles. The zero-order chi connectivity index (χ0) is 10.7. The Morgan fingerprint density at radius 1 is 1.40 bits per heavy atom. The van der Waals surface area contributed by atoms with Crippen molar-refractivity contribution in [3.05, 3.63) is 5.82 Å². The predicted octanol–water partition coefficient (Wildman–Crippen LogP) is 3.23. The first-order chi connectivity index (χ1) is 7.29. The largest absolute Gasteiger partial charge is 0.357 e. The number of aromatic nitrogens is 2. The first kappa shape index (κ1) is 10.9. The van der Waals surface area contributed by atoms with Gasteiger partial charge in [0.15, 0.2) is 0 Å². The molecule has 1 aliphatic rings. The normalized spacial score (nSPS) is 26.5. The van der Waals surface area contributed by atoms with Crippen LogP contribution in [0, 0.1) is 12.8 Å². The third-order valence-electron chi connectivity index (χ3n) is 3.27. The second-order valence-corrected chi connectivity index (χ2v) is 5.10. The molecule has 2 unspecified atom stereocenters. The molecular formula is C11H19N3S. The van der Waals surface area contributed by atoms with Gasteiger partial charge in [-0.2, -0.15) is 4.37 Å². The molecule has 0 radical (unpaired) electrons. The maximum atomic E-state index is 4.37. The number of hydrogen-bond donors (Lipinski definition) is 1. The van der Waals surface area contributed by atoms with Crippen molar-refractivity contribution in [2.24, 2.45) is 5.92 Å². The Bertz CT molecular complexity index is 311. The summed E-state index contributed by atoms with van der Waals surface area (Å²) in [6, 6.07) is 0.621. The number of nitrogens with zero attached hydrogens (tertiary/aromatic N) is 2. The van der Waals surface area contributed by atoms with Gasteiger partial charge in [-0.15, -0.1) is 0 Å². The Hall–Kier alpha value is -0.640. The summed E-state index contributed by atoms with van der Waals surface area (Å²) in [5.41, 5.74) is 0. The lowest BCUT2D eigenvalue weighted by Crippen LogP contribution is -2.31. The molecule has 1 fully saturated rings. The van der Waals surface area contributed by atoms with Crippen molar-refractivity contribution in [3.8, 4) is 0 Å². The molecule has 1 aliphatic carbocycles. The average Bonchev–Trinajstić information content (AvgIpc) is 2.65. The summed E-state index contributed by atoms with van der Waals surface area (Å²) in [5.74, 6) is 1.70. The third kappa shape index (κ3) is 2.68. The molecule has 1 aromatic heterocycles. The second-order valence-electron chi connectivity index (χ2n) is 4.35. The maximum absolute atomic E-state index is 4.37. The van der Waals surface area contributed by atoms with E-state index in [9.17, 15) is 0 Å². The molecule has 0 amide bonds. The van der Waals surface area contributed by atoms with E-state index >= 15 is 0 Å². The molecule has 1 heterocycles. The van der Waals surface area contributed by atoms with Crippen molar-refractivity contribution in [1.82, 2.24) is 9.36 Å². The van der Waals surface area contributed by atoms with Gasteiger partial charge in [0.2, 0.25) is 5.13 Å². The molecule has 0 spiro atoms. The molecule has 3 nitrogen and oxygen atoms in total. The highest BCUT2D eigenvalue weighted by Gasteiger charge is 2.24. The SMILES string of the molecule is CCC1CCCCC1Nc1nc(C)ns1. The van der Waals surface area contributed by atoms with Crippen molar-refractivity contribution >= 4 is 16.7 Å². The quantitative estimate of drug-likeness (QED) is 0.858. The minimum atomic E-state index is 0.621. The lowest BCUT2D eigenvalue weighted by molar-refractivity contribution is 0.317. The van der Waals surface area contributed by atoms with E-state index in [-0.39, 0.29) is 0 Å². The fourth-order valence-corrected chi connectivity index (χ4v) is 3.04. The van der Waals surface area contributed by atoms with Crippen LogP contribution in [0.1, 0.15) is 44.9 Å². The van der Waals surface area contributed by atoms with Gasteiger partial charge < -0.3 is 5.32 Å². The highest BCUT2D eigenvalue weighted by molar-refractivity contribution is 7.09. The molecule has 2 rings (SSSR count). The summed E-state index contributed by atoms with van der Waals surface area (Å²) >= 11 is 1.48. The molecule has 15 heavy (non-hydrogen) atoms. The van der Waals surface area contributed by atoms with Gasteiger partial charge in [0, 0.05) is 17.6 Å². The smallest absolute Gasteiger partial charge is 0.202 e. The van der Waals surface area contributed by atoms with Gasteiger partial charge >= 0.3 is 0 Å². The number of nitrogens with one attached hydrogen (secondary N) is 1. The van der Waals surface area contributed by atoms with Crippen LogP contribution in [-0.2, 0) is 0 Å². The van der Waals surface area contributed by atoms with E-state index in [4.69, 9.17) is 0 Å². The summed E-state index contributed by atoms with van der Waals surface area (Å²) < 4.78 is 4.20. The summed E-state index contributed by atoms with van der Waals surface area (Å²) in [6.07, 6.45) is 6.68. The van der Waals surface area contributed by atoms with E-state index in [1.807, 2.05) is 6.92 Å². The Balaban J connectivity index is 1.97. The van der Waals surface area contributed by atoms with E-state index in [1.54, 1.807) is 0 Å². The van der Waals surface area contributed by atoms with E-state index in [2.05, 4.69) is 21.6 Å². The number of hydrogen-bond acceptors (Lipinski definition) is 4. The van der Waals surface area contributed by atoms with Crippen molar-refractivity contribution in [3.63, 3.8) is 0 Å². The van der Waals surface area contributed by atoms with Crippen LogP contribution in [-0.4, -0.2) is 15.4 Å². The zero-order valence-corrected chi connectivity index (χ0v) is 10.3. The molecule has 1 N–H and O–H groups in total. The van der Waals surface area contributed by atoms with Gasteiger partial charge in [-0.05, 0) is 25.7 Å². The highest BCUT2D eigenvalue weighted by atomic mass is 32.1. The number of aryl methyl sites for hydroxylation is 1. The van der Waals surface area contributed by atoms with Gasteiger partial charge in [-0.3, -0.25) is 0 Å². The summed E-state index contributed by atoms with van der Waals surface area (Å²) in [7, 11) is 0. The lowest BCUT2D eigenvalue weighted by Gasteiger charge is -2.31. The van der Waals surface area contributed by atoms with Crippen molar-refractivity contribution in [2.75, 3.05) is 5.32 Å². The van der Waals surface area contributed by atoms with Crippen LogP contribution in [0.4, 0.5) is 5.13 Å². The molecule has 1 saturated carbocycles. The van der Waals surface area contributed by atoms with Crippen LogP contribution >= 0.6 is 11.5 Å². The van der Waals surface area contributed by atoms with Crippen LogP contribution in [0.2, 0.25) is 0 Å². The first-order valence-corrected chi connectivity index (χ1v) is 6.63. The number of anilines is 1. The van der Waals surface area contributed by atoms with Gasteiger partial charge in [0.05, 0.1) is 0 Å². The second kappa shape index (κ2) is 4.92.